The van der Waals surface area contributed by atoms with Crippen molar-refractivity contribution in [3.8, 4) is 0 Å². The third-order valence-electron chi connectivity index (χ3n) is 4.38. The molecule has 0 amide bonds. The number of carbonyl (C=O) groups is 3. The summed E-state index contributed by atoms with van der Waals surface area (Å²) in [5.74, 6) is -1.87. The summed E-state index contributed by atoms with van der Waals surface area (Å²) >= 11 is 0. The van der Waals surface area contributed by atoms with Gasteiger partial charge in [-0.25, -0.2) is 4.79 Å². The van der Waals surface area contributed by atoms with E-state index in [1.807, 2.05) is 36.4 Å². The average Bonchev–Trinajstić information content (AvgIpc) is 2.74. The van der Waals surface area contributed by atoms with E-state index in [1.54, 1.807) is 24.3 Å². The molecule has 0 aliphatic heterocycles. The van der Waals surface area contributed by atoms with Crippen LogP contribution in [0, 0.1) is 5.92 Å². The van der Waals surface area contributed by atoms with Crippen molar-refractivity contribution in [3.63, 3.8) is 0 Å². The van der Waals surface area contributed by atoms with Gasteiger partial charge in [0.1, 0.15) is 19.0 Å². The fraction of sp³-hybridized carbons (Fsp3) is 0.348. The third kappa shape index (κ3) is 7.50. The first-order valence-electron chi connectivity index (χ1n) is 9.45. The summed E-state index contributed by atoms with van der Waals surface area (Å²) < 4.78 is 15.9. The lowest BCUT2D eigenvalue weighted by Crippen LogP contribution is -2.27. The molecule has 2 atom stereocenters. The Morgan fingerprint density at radius 3 is 2.07 bits per heavy atom. The first kappa shape index (κ1) is 22.3. The Hall–Kier alpha value is -2.99. The van der Waals surface area contributed by atoms with E-state index in [1.165, 1.54) is 14.0 Å². The molecule has 0 saturated carbocycles. The van der Waals surface area contributed by atoms with Crippen molar-refractivity contribution in [2.45, 2.75) is 32.5 Å². The second kappa shape index (κ2) is 11.8. The highest BCUT2D eigenvalue weighted by molar-refractivity contribution is 5.79. The molecule has 6 nitrogen and oxygen atoms in total. The van der Waals surface area contributed by atoms with Gasteiger partial charge in [-0.3, -0.25) is 4.79 Å². The van der Waals surface area contributed by atoms with E-state index < -0.39 is 24.0 Å². The summed E-state index contributed by atoms with van der Waals surface area (Å²) in [5.41, 5.74) is 1.51. The zero-order chi connectivity index (χ0) is 21.1. The van der Waals surface area contributed by atoms with E-state index in [4.69, 9.17) is 14.2 Å². The summed E-state index contributed by atoms with van der Waals surface area (Å²) in [5, 5.41) is 0. The fourth-order valence-electron chi connectivity index (χ4n) is 2.75. The standard InChI is InChI=1S/C23H26O6/c1-17(24)13-14-20(22(25)28-15-18-9-5-3-6-10-18)16-29-23(26)21(27-2)19-11-7-4-8-12-19/h3-12,20-21H,13-16H2,1-2H3. The minimum Gasteiger partial charge on any atom is -0.463 e. The number of ether oxygens (including phenoxy) is 3. The maximum absolute atomic E-state index is 12.5. The van der Waals surface area contributed by atoms with Crippen LogP contribution in [0.4, 0.5) is 0 Å². The van der Waals surface area contributed by atoms with Gasteiger partial charge in [0.25, 0.3) is 0 Å². The van der Waals surface area contributed by atoms with Gasteiger partial charge in [-0.05, 0) is 24.5 Å². The fourth-order valence-corrected chi connectivity index (χ4v) is 2.75. The van der Waals surface area contributed by atoms with E-state index in [-0.39, 0.29) is 31.8 Å². The molecule has 0 fully saturated rings. The minimum atomic E-state index is -0.884. The maximum Gasteiger partial charge on any atom is 0.339 e. The first-order valence-corrected chi connectivity index (χ1v) is 9.45. The largest absolute Gasteiger partial charge is 0.463 e. The average molecular weight is 398 g/mol. The molecule has 0 aliphatic rings. The molecule has 2 aromatic rings. The molecule has 6 heteroatoms. The lowest BCUT2D eigenvalue weighted by atomic mass is 10.0. The number of hydrogen-bond acceptors (Lipinski definition) is 6. The molecule has 2 unspecified atom stereocenters. The van der Waals surface area contributed by atoms with Crippen molar-refractivity contribution in [2.24, 2.45) is 5.92 Å². The zero-order valence-electron chi connectivity index (χ0n) is 16.7. The molecule has 0 spiro atoms. The van der Waals surface area contributed by atoms with E-state index in [0.717, 1.165) is 5.56 Å². The molecular weight excluding hydrogens is 372 g/mol. The predicted molar refractivity (Wildman–Crippen MR) is 107 cm³/mol. The van der Waals surface area contributed by atoms with Gasteiger partial charge < -0.3 is 19.0 Å². The Kier molecular flexibility index (Phi) is 9.05. The smallest absolute Gasteiger partial charge is 0.339 e. The van der Waals surface area contributed by atoms with Crippen molar-refractivity contribution in [1.29, 1.82) is 0 Å². The maximum atomic E-state index is 12.5. The van der Waals surface area contributed by atoms with Crippen LogP contribution in [0.1, 0.15) is 37.0 Å². The molecule has 0 radical (unpaired) electrons. The summed E-state index contributed by atoms with van der Waals surface area (Å²) in [4.78, 5) is 36.3. The Bertz CT molecular complexity index is 788. The van der Waals surface area contributed by atoms with Crippen LogP contribution in [0.25, 0.3) is 0 Å². The number of ketones is 1. The van der Waals surface area contributed by atoms with Gasteiger partial charge in [0.05, 0.1) is 5.92 Å². The topological polar surface area (TPSA) is 78.9 Å². The lowest BCUT2D eigenvalue weighted by Gasteiger charge is -2.19. The van der Waals surface area contributed by atoms with Gasteiger partial charge in [0, 0.05) is 13.5 Å². The van der Waals surface area contributed by atoms with Gasteiger partial charge in [-0.1, -0.05) is 60.7 Å². The molecule has 2 aromatic carbocycles. The summed E-state index contributed by atoms with van der Waals surface area (Å²) in [6.45, 7) is 1.40. The van der Waals surface area contributed by atoms with Crippen LogP contribution in [-0.4, -0.2) is 31.4 Å². The monoisotopic (exact) mass is 398 g/mol. The second-order valence-corrected chi connectivity index (χ2v) is 6.69. The summed E-state index contributed by atoms with van der Waals surface area (Å²) in [6, 6.07) is 18.2. The van der Waals surface area contributed by atoms with E-state index >= 15 is 0 Å². The van der Waals surface area contributed by atoms with Gasteiger partial charge >= 0.3 is 11.9 Å². The van der Waals surface area contributed by atoms with Crippen molar-refractivity contribution in [1.82, 2.24) is 0 Å². The number of rotatable bonds is 11. The Morgan fingerprint density at radius 2 is 1.48 bits per heavy atom. The molecule has 154 valence electrons. The van der Waals surface area contributed by atoms with Gasteiger partial charge in [-0.15, -0.1) is 0 Å². The van der Waals surface area contributed by atoms with Crippen LogP contribution in [0.2, 0.25) is 0 Å². The number of esters is 2. The molecule has 0 saturated heterocycles. The van der Waals surface area contributed by atoms with E-state index in [0.29, 0.717) is 5.56 Å². The van der Waals surface area contributed by atoms with Crippen molar-refractivity contribution in [3.05, 3.63) is 71.8 Å². The second-order valence-electron chi connectivity index (χ2n) is 6.69. The van der Waals surface area contributed by atoms with Crippen LogP contribution in [0.3, 0.4) is 0 Å². The highest BCUT2D eigenvalue weighted by atomic mass is 16.6. The predicted octanol–water partition coefficient (Wildman–Crippen LogP) is 3.65. The third-order valence-corrected chi connectivity index (χ3v) is 4.38. The van der Waals surface area contributed by atoms with Crippen LogP contribution in [0.5, 0.6) is 0 Å². The van der Waals surface area contributed by atoms with Crippen LogP contribution in [-0.2, 0) is 35.2 Å². The van der Waals surface area contributed by atoms with E-state index in [2.05, 4.69) is 0 Å². The molecule has 0 bridgehead atoms. The normalized spacial score (nSPS) is 12.6. The Morgan fingerprint density at radius 1 is 0.862 bits per heavy atom. The van der Waals surface area contributed by atoms with E-state index in [9.17, 15) is 14.4 Å². The Balaban J connectivity index is 1.96. The van der Waals surface area contributed by atoms with Crippen molar-refractivity contribution >= 4 is 17.7 Å². The summed E-state index contributed by atoms with van der Waals surface area (Å²) in [6.07, 6.45) is -0.432. The molecule has 0 heterocycles. The molecular formula is C23H26O6. The molecule has 2 rings (SSSR count). The minimum absolute atomic E-state index is 0.0451. The van der Waals surface area contributed by atoms with Gasteiger partial charge in [0.2, 0.25) is 0 Å². The Labute approximate surface area is 170 Å². The van der Waals surface area contributed by atoms with Crippen LogP contribution < -0.4 is 0 Å². The highest BCUT2D eigenvalue weighted by Gasteiger charge is 2.26. The first-order chi connectivity index (χ1) is 14.0. The lowest BCUT2D eigenvalue weighted by molar-refractivity contribution is -0.162. The number of Topliss-reactive ketones (excluding diaryl/α,β-unsaturated/α-hetero) is 1. The van der Waals surface area contributed by atoms with Crippen LogP contribution >= 0.6 is 0 Å². The quantitative estimate of drug-likeness (QED) is 0.538. The van der Waals surface area contributed by atoms with Crippen LogP contribution in [0.15, 0.2) is 60.7 Å². The SMILES string of the molecule is COC(C(=O)OCC(CCC(C)=O)C(=O)OCc1ccccc1)c1ccccc1. The molecule has 0 aliphatic carbocycles. The number of hydrogen-bond donors (Lipinski definition) is 0. The molecule has 0 aromatic heterocycles. The van der Waals surface area contributed by atoms with Gasteiger partial charge in [-0.2, -0.15) is 0 Å². The zero-order valence-corrected chi connectivity index (χ0v) is 16.7. The van der Waals surface area contributed by atoms with Crippen molar-refractivity contribution in [2.75, 3.05) is 13.7 Å². The van der Waals surface area contributed by atoms with Crippen molar-refractivity contribution < 1.29 is 28.6 Å². The molecule has 29 heavy (non-hydrogen) atoms. The number of methoxy groups -OCH3 is 1. The summed E-state index contributed by atoms with van der Waals surface area (Å²) in [7, 11) is 1.42. The number of carbonyl (C=O) groups excluding carboxylic acids is 3. The number of benzene rings is 2. The highest BCUT2D eigenvalue weighted by Crippen LogP contribution is 2.19. The molecule has 0 N–H and O–H groups in total. The van der Waals surface area contributed by atoms with Gasteiger partial charge in [0.15, 0.2) is 6.10 Å².